The van der Waals surface area contributed by atoms with Gasteiger partial charge in [-0.25, -0.2) is 0 Å². The van der Waals surface area contributed by atoms with Gasteiger partial charge in [-0.05, 0) is 70.7 Å². The molecule has 0 unspecified atom stereocenters. The second-order valence-corrected chi connectivity index (χ2v) is 9.20. The molecule has 0 spiro atoms. The first-order valence-corrected chi connectivity index (χ1v) is 10.5. The molecular weight excluding hydrogens is 364 g/mol. The van der Waals surface area contributed by atoms with E-state index < -0.39 is 0 Å². The van der Waals surface area contributed by atoms with Gasteiger partial charge in [0.2, 0.25) is 5.91 Å². The number of nitrogens with one attached hydrogen (secondary N) is 2. The van der Waals surface area contributed by atoms with E-state index in [-0.39, 0.29) is 11.4 Å². The highest BCUT2D eigenvalue weighted by molar-refractivity contribution is 5.76. The SMILES string of the molecule is CN(Cc1cc(C[C@H]2CNCC[C@@H]2CC(=O)NC(C)(C)C)no1)c1ccccc1. The molecule has 1 amide bonds. The molecule has 0 aliphatic carbocycles. The van der Waals surface area contributed by atoms with Crippen molar-refractivity contribution in [3.63, 3.8) is 0 Å². The Balaban J connectivity index is 1.57. The number of hydrogen-bond acceptors (Lipinski definition) is 5. The lowest BCUT2D eigenvalue weighted by atomic mass is 9.81. The lowest BCUT2D eigenvalue weighted by Crippen LogP contribution is -2.44. The lowest BCUT2D eigenvalue weighted by molar-refractivity contribution is -0.124. The minimum absolute atomic E-state index is 0.139. The summed E-state index contributed by atoms with van der Waals surface area (Å²) in [4.78, 5) is 14.6. The van der Waals surface area contributed by atoms with Crippen molar-refractivity contribution in [1.29, 1.82) is 0 Å². The van der Waals surface area contributed by atoms with Gasteiger partial charge in [0.05, 0.1) is 12.2 Å². The van der Waals surface area contributed by atoms with Crippen LogP contribution in [0.25, 0.3) is 0 Å². The largest absolute Gasteiger partial charge is 0.367 e. The van der Waals surface area contributed by atoms with E-state index >= 15 is 0 Å². The van der Waals surface area contributed by atoms with Crippen LogP contribution in [-0.2, 0) is 17.8 Å². The minimum atomic E-state index is -0.189. The van der Waals surface area contributed by atoms with E-state index in [1.165, 1.54) is 0 Å². The molecule has 1 aromatic heterocycles. The molecular formula is C23H34N4O2. The van der Waals surface area contributed by atoms with Crippen LogP contribution in [0.1, 0.15) is 45.1 Å². The van der Waals surface area contributed by atoms with Crippen LogP contribution >= 0.6 is 0 Å². The monoisotopic (exact) mass is 398 g/mol. The molecule has 1 aliphatic heterocycles. The first-order chi connectivity index (χ1) is 13.8. The van der Waals surface area contributed by atoms with Crippen molar-refractivity contribution < 1.29 is 9.32 Å². The Morgan fingerprint density at radius 3 is 2.76 bits per heavy atom. The Morgan fingerprint density at radius 1 is 1.28 bits per heavy atom. The van der Waals surface area contributed by atoms with Gasteiger partial charge in [-0.15, -0.1) is 0 Å². The van der Waals surface area contributed by atoms with Gasteiger partial charge >= 0.3 is 0 Å². The number of rotatable bonds is 7. The van der Waals surface area contributed by atoms with Gasteiger partial charge in [-0.3, -0.25) is 4.79 Å². The average molecular weight is 399 g/mol. The first-order valence-electron chi connectivity index (χ1n) is 10.5. The van der Waals surface area contributed by atoms with Crippen molar-refractivity contribution >= 4 is 11.6 Å². The highest BCUT2D eigenvalue weighted by Crippen LogP contribution is 2.27. The summed E-state index contributed by atoms with van der Waals surface area (Å²) in [7, 11) is 2.05. The van der Waals surface area contributed by atoms with Gasteiger partial charge in [-0.2, -0.15) is 0 Å². The van der Waals surface area contributed by atoms with Crippen LogP contribution in [-0.4, -0.2) is 36.7 Å². The molecule has 2 heterocycles. The number of nitrogens with zero attached hydrogens (tertiary/aromatic N) is 2. The summed E-state index contributed by atoms with van der Waals surface area (Å²) in [6.45, 7) is 8.63. The topological polar surface area (TPSA) is 70.4 Å². The van der Waals surface area contributed by atoms with E-state index in [0.29, 0.717) is 24.8 Å². The smallest absolute Gasteiger partial charge is 0.220 e. The Morgan fingerprint density at radius 2 is 2.03 bits per heavy atom. The van der Waals surface area contributed by atoms with Gasteiger partial charge < -0.3 is 20.1 Å². The van der Waals surface area contributed by atoms with Crippen molar-refractivity contribution in [3.05, 3.63) is 47.9 Å². The predicted octanol–water partition coefficient (Wildman–Crippen LogP) is 3.38. The van der Waals surface area contributed by atoms with E-state index in [1.54, 1.807) is 0 Å². The van der Waals surface area contributed by atoms with E-state index in [1.807, 2.05) is 46.0 Å². The zero-order valence-corrected chi connectivity index (χ0v) is 18.1. The van der Waals surface area contributed by atoms with Gasteiger partial charge in [0.15, 0.2) is 5.76 Å². The first kappa shape index (κ1) is 21.4. The van der Waals surface area contributed by atoms with Crippen LogP contribution in [0.5, 0.6) is 0 Å². The van der Waals surface area contributed by atoms with Crippen LogP contribution in [0, 0.1) is 11.8 Å². The predicted molar refractivity (Wildman–Crippen MR) is 116 cm³/mol. The zero-order chi connectivity index (χ0) is 20.9. The molecule has 0 radical (unpaired) electrons. The van der Waals surface area contributed by atoms with E-state index in [2.05, 4.69) is 38.9 Å². The van der Waals surface area contributed by atoms with Gasteiger partial charge in [-0.1, -0.05) is 23.4 Å². The molecule has 0 saturated carbocycles. The molecule has 158 valence electrons. The van der Waals surface area contributed by atoms with E-state index in [4.69, 9.17) is 4.52 Å². The quantitative estimate of drug-likeness (QED) is 0.748. The summed E-state index contributed by atoms with van der Waals surface area (Å²) >= 11 is 0. The number of carbonyl (C=O) groups is 1. The molecule has 3 rings (SSSR count). The molecule has 2 aromatic rings. The maximum Gasteiger partial charge on any atom is 0.220 e. The summed E-state index contributed by atoms with van der Waals surface area (Å²) in [5.74, 6) is 1.75. The van der Waals surface area contributed by atoms with Crippen LogP contribution in [0.3, 0.4) is 0 Å². The number of carbonyl (C=O) groups excluding carboxylic acids is 1. The number of anilines is 1. The van der Waals surface area contributed by atoms with Crippen molar-refractivity contribution in [1.82, 2.24) is 15.8 Å². The van der Waals surface area contributed by atoms with Crippen molar-refractivity contribution in [2.24, 2.45) is 11.8 Å². The average Bonchev–Trinajstić information content (AvgIpc) is 3.09. The normalized spacial score (nSPS) is 19.7. The highest BCUT2D eigenvalue weighted by atomic mass is 16.5. The fourth-order valence-corrected chi connectivity index (χ4v) is 3.99. The van der Waals surface area contributed by atoms with E-state index in [0.717, 1.165) is 43.1 Å². The number of aromatic nitrogens is 1. The molecule has 2 atom stereocenters. The second kappa shape index (κ2) is 9.44. The summed E-state index contributed by atoms with van der Waals surface area (Å²) in [6.07, 6.45) is 2.42. The number of hydrogen-bond donors (Lipinski definition) is 2. The molecule has 6 heteroatoms. The van der Waals surface area contributed by atoms with Crippen LogP contribution in [0.2, 0.25) is 0 Å². The summed E-state index contributed by atoms with van der Waals surface area (Å²) in [6, 6.07) is 12.3. The third-order valence-electron chi connectivity index (χ3n) is 5.40. The molecule has 1 fully saturated rings. The van der Waals surface area contributed by atoms with Gasteiger partial charge in [0, 0.05) is 30.8 Å². The van der Waals surface area contributed by atoms with Crippen LogP contribution in [0.15, 0.2) is 40.9 Å². The third kappa shape index (κ3) is 6.60. The highest BCUT2D eigenvalue weighted by Gasteiger charge is 2.29. The molecule has 0 bridgehead atoms. The number of piperidine rings is 1. The summed E-state index contributed by atoms with van der Waals surface area (Å²) in [5, 5.41) is 10.9. The number of amides is 1. The maximum atomic E-state index is 12.4. The Labute approximate surface area is 174 Å². The fourth-order valence-electron chi connectivity index (χ4n) is 3.99. The fraction of sp³-hybridized carbons (Fsp3) is 0.565. The zero-order valence-electron chi connectivity index (χ0n) is 18.1. The Kier molecular flexibility index (Phi) is 6.96. The summed E-state index contributed by atoms with van der Waals surface area (Å²) < 4.78 is 5.59. The van der Waals surface area contributed by atoms with Crippen LogP contribution < -0.4 is 15.5 Å². The molecule has 1 aromatic carbocycles. The number of benzene rings is 1. The molecule has 2 N–H and O–H groups in total. The molecule has 6 nitrogen and oxygen atoms in total. The van der Waals surface area contributed by atoms with Crippen molar-refractivity contribution in [3.8, 4) is 0 Å². The third-order valence-corrected chi connectivity index (χ3v) is 5.40. The second-order valence-electron chi connectivity index (χ2n) is 9.20. The minimum Gasteiger partial charge on any atom is -0.367 e. The molecule has 29 heavy (non-hydrogen) atoms. The van der Waals surface area contributed by atoms with Crippen molar-refractivity contribution in [2.75, 3.05) is 25.0 Å². The maximum absolute atomic E-state index is 12.4. The molecule has 1 aliphatic rings. The van der Waals surface area contributed by atoms with Crippen molar-refractivity contribution in [2.45, 2.75) is 52.1 Å². The van der Waals surface area contributed by atoms with Gasteiger partial charge in [0.1, 0.15) is 0 Å². The number of para-hydroxylation sites is 1. The summed E-state index contributed by atoms with van der Waals surface area (Å²) in [5.41, 5.74) is 1.92. The van der Waals surface area contributed by atoms with Crippen LogP contribution in [0.4, 0.5) is 5.69 Å². The Bertz CT molecular complexity index is 782. The standard InChI is InChI=1S/C23H34N4O2/c1-23(2,3)25-22(28)13-17-10-11-24-15-18(17)12-19-14-21(29-26-19)16-27(4)20-8-6-5-7-9-20/h5-9,14,17-18,24H,10-13,15-16H2,1-4H3,(H,25,28)/t17-,18+/m1/s1. The lowest BCUT2D eigenvalue weighted by Gasteiger charge is -2.32. The van der Waals surface area contributed by atoms with E-state index in [9.17, 15) is 4.79 Å². The van der Waals surface area contributed by atoms with Gasteiger partial charge in [0.25, 0.3) is 0 Å². The molecule has 1 saturated heterocycles. The Hall–Kier alpha value is -2.34.